The number of hydrogen-bond donors (Lipinski definition) is 2. The molecule has 0 radical (unpaired) electrons. The number of methoxy groups -OCH3 is 1. The standard InChI is InChI=1S/C29H36N4O5/c1-3-20-12-14-22(15-13-20)31-27(35)19-33-24-10-6-5-9-23(24)28(36)32(29(33)37)17-16-26(34)30-18-21-8-4-7-11-25(21)38-2/h4,7-8,11-15,23-24H,3,5-6,9-10,16-19H2,1-2H3,(H,30,34)(H,31,35). The van der Waals surface area contributed by atoms with Gasteiger partial charge in [0.15, 0.2) is 0 Å². The van der Waals surface area contributed by atoms with Crippen LogP contribution >= 0.6 is 0 Å². The van der Waals surface area contributed by atoms with Crippen molar-refractivity contribution in [3.8, 4) is 5.75 Å². The number of imide groups is 1. The Morgan fingerprint density at radius 2 is 1.74 bits per heavy atom. The van der Waals surface area contributed by atoms with Gasteiger partial charge in [-0.1, -0.05) is 50.1 Å². The van der Waals surface area contributed by atoms with Crippen LogP contribution in [0.15, 0.2) is 48.5 Å². The molecule has 9 nitrogen and oxygen atoms in total. The summed E-state index contributed by atoms with van der Waals surface area (Å²) in [6.07, 6.45) is 4.05. The number of hydrogen-bond acceptors (Lipinski definition) is 5. The van der Waals surface area contributed by atoms with Gasteiger partial charge in [0.05, 0.1) is 13.0 Å². The quantitative estimate of drug-likeness (QED) is 0.496. The molecule has 2 atom stereocenters. The molecular formula is C29H36N4O5. The molecule has 2 fully saturated rings. The zero-order valence-electron chi connectivity index (χ0n) is 22.1. The normalized spacial score (nSPS) is 19.1. The van der Waals surface area contributed by atoms with Crippen LogP contribution in [0, 0.1) is 5.92 Å². The maximum Gasteiger partial charge on any atom is 0.327 e. The lowest BCUT2D eigenvalue weighted by Crippen LogP contribution is -2.63. The molecule has 2 unspecified atom stereocenters. The van der Waals surface area contributed by atoms with Crippen molar-refractivity contribution in [3.63, 3.8) is 0 Å². The molecule has 0 bridgehead atoms. The molecular weight excluding hydrogens is 484 g/mol. The molecule has 2 N–H and O–H groups in total. The van der Waals surface area contributed by atoms with Gasteiger partial charge in [-0.2, -0.15) is 0 Å². The lowest BCUT2D eigenvalue weighted by Gasteiger charge is -2.46. The number of aryl methyl sites for hydroxylation is 1. The summed E-state index contributed by atoms with van der Waals surface area (Å²) in [5.74, 6) is -0.510. The van der Waals surface area contributed by atoms with Gasteiger partial charge >= 0.3 is 6.03 Å². The molecule has 1 saturated carbocycles. The number of urea groups is 1. The molecule has 38 heavy (non-hydrogen) atoms. The lowest BCUT2D eigenvalue weighted by atomic mass is 9.81. The largest absolute Gasteiger partial charge is 0.496 e. The number of nitrogens with zero attached hydrogens (tertiary/aromatic N) is 2. The van der Waals surface area contributed by atoms with E-state index in [4.69, 9.17) is 4.74 Å². The summed E-state index contributed by atoms with van der Waals surface area (Å²) in [6.45, 7) is 2.17. The van der Waals surface area contributed by atoms with Gasteiger partial charge in [0.1, 0.15) is 12.3 Å². The van der Waals surface area contributed by atoms with Crippen molar-refractivity contribution in [1.29, 1.82) is 0 Å². The first-order valence-corrected chi connectivity index (χ1v) is 13.3. The van der Waals surface area contributed by atoms with Crippen LogP contribution in [0.3, 0.4) is 0 Å². The molecule has 2 aromatic carbocycles. The zero-order chi connectivity index (χ0) is 27.1. The van der Waals surface area contributed by atoms with Gasteiger partial charge in [-0.15, -0.1) is 0 Å². The van der Waals surface area contributed by atoms with E-state index in [1.807, 2.05) is 48.5 Å². The van der Waals surface area contributed by atoms with E-state index in [1.54, 1.807) is 7.11 Å². The molecule has 1 aliphatic heterocycles. The third kappa shape index (κ3) is 6.33. The number of carbonyl (C=O) groups is 4. The SMILES string of the molecule is CCc1ccc(NC(=O)CN2C(=O)N(CCC(=O)NCc3ccccc3OC)C(=O)C3CCCCC32)cc1. The van der Waals surface area contributed by atoms with Crippen molar-refractivity contribution in [2.75, 3.05) is 25.5 Å². The maximum absolute atomic E-state index is 13.4. The van der Waals surface area contributed by atoms with E-state index in [-0.39, 0.29) is 55.7 Å². The number of anilines is 1. The Morgan fingerprint density at radius 1 is 1.00 bits per heavy atom. The first kappa shape index (κ1) is 27.2. The molecule has 1 saturated heterocycles. The van der Waals surface area contributed by atoms with Crippen LogP contribution in [0.4, 0.5) is 10.5 Å². The van der Waals surface area contributed by atoms with Gasteiger partial charge in [-0.3, -0.25) is 19.3 Å². The minimum absolute atomic E-state index is 0.0200. The van der Waals surface area contributed by atoms with E-state index in [0.717, 1.165) is 29.7 Å². The van der Waals surface area contributed by atoms with Gasteiger partial charge < -0.3 is 20.3 Å². The van der Waals surface area contributed by atoms with Crippen LogP contribution in [0.1, 0.15) is 50.2 Å². The van der Waals surface area contributed by atoms with E-state index in [0.29, 0.717) is 24.3 Å². The highest BCUT2D eigenvalue weighted by Crippen LogP contribution is 2.34. The third-order valence-corrected chi connectivity index (χ3v) is 7.38. The Hall–Kier alpha value is -3.88. The van der Waals surface area contributed by atoms with Crippen LogP contribution in [-0.4, -0.2) is 59.8 Å². The predicted molar refractivity (Wildman–Crippen MR) is 143 cm³/mol. The summed E-state index contributed by atoms with van der Waals surface area (Å²) in [7, 11) is 1.57. The Labute approximate surface area is 223 Å². The fourth-order valence-corrected chi connectivity index (χ4v) is 5.28. The second-order valence-electron chi connectivity index (χ2n) is 9.80. The number of carbonyl (C=O) groups excluding carboxylic acids is 4. The number of rotatable bonds is 10. The highest BCUT2D eigenvalue weighted by Gasteiger charge is 2.47. The second-order valence-corrected chi connectivity index (χ2v) is 9.80. The molecule has 5 amide bonds. The maximum atomic E-state index is 13.4. The van der Waals surface area contributed by atoms with Crippen LogP contribution in [0.5, 0.6) is 5.75 Å². The summed E-state index contributed by atoms with van der Waals surface area (Å²) >= 11 is 0. The summed E-state index contributed by atoms with van der Waals surface area (Å²) in [4.78, 5) is 54.9. The van der Waals surface area contributed by atoms with E-state index in [1.165, 1.54) is 10.5 Å². The van der Waals surface area contributed by atoms with Crippen molar-refractivity contribution in [2.45, 2.75) is 58.0 Å². The molecule has 1 aliphatic carbocycles. The van der Waals surface area contributed by atoms with Gasteiger partial charge in [0.2, 0.25) is 17.7 Å². The van der Waals surface area contributed by atoms with E-state index in [2.05, 4.69) is 17.6 Å². The van der Waals surface area contributed by atoms with Crippen LogP contribution in [0.25, 0.3) is 0 Å². The van der Waals surface area contributed by atoms with Crippen LogP contribution < -0.4 is 15.4 Å². The van der Waals surface area contributed by atoms with Gasteiger partial charge in [0.25, 0.3) is 0 Å². The summed E-state index contributed by atoms with van der Waals surface area (Å²) in [5.41, 5.74) is 2.66. The average Bonchev–Trinajstić information content (AvgIpc) is 2.94. The zero-order valence-corrected chi connectivity index (χ0v) is 22.1. The van der Waals surface area contributed by atoms with Crippen molar-refractivity contribution >= 4 is 29.4 Å². The molecule has 0 aromatic heterocycles. The fraction of sp³-hybridized carbons (Fsp3) is 0.448. The average molecular weight is 521 g/mol. The number of fused-ring (bicyclic) bond motifs is 1. The molecule has 0 spiro atoms. The molecule has 1 heterocycles. The van der Waals surface area contributed by atoms with Crippen molar-refractivity contribution < 1.29 is 23.9 Å². The lowest BCUT2D eigenvalue weighted by molar-refractivity contribution is -0.142. The monoisotopic (exact) mass is 520 g/mol. The Kier molecular flexibility index (Phi) is 8.99. The third-order valence-electron chi connectivity index (χ3n) is 7.38. The minimum atomic E-state index is -0.507. The fourth-order valence-electron chi connectivity index (χ4n) is 5.28. The Morgan fingerprint density at radius 3 is 2.47 bits per heavy atom. The molecule has 2 aliphatic rings. The molecule has 9 heteroatoms. The topological polar surface area (TPSA) is 108 Å². The van der Waals surface area contributed by atoms with Gasteiger partial charge in [-0.25, -0.2) is 4.79 Å². The van der Waals surface area contributed by atoms with E-state index in [9.17, 15) is 19.2 Å². The summed E-state index contributed by atoms with van der Waals surface area (Å²) in [5, 5.41) is 5.70. The number of amides is 5. The van der Waals surface area contributed by atoms with E-state index >= 15 is 0 Å². The first-order chi connectivity index (χ1) is 18.4. The highest BCUT2D eigenvalue weighted by atomic mass is 16.5. The van der Waals surface area contributed by atoms with Crippen molar-refractivity contribution in [3.05, 3.63) is 59.7 Å². The first-order valence-electron chi connectivity index (χ1n) is 13.3. The van der Waals surface area contributed by atoms with Crippen LogP contribution in [-0.2, 0) is 27.3 Å². The van der Waals surface area contributed by atoms with E-state index < -0.39 is 6.03 Å². The number of nitrogens with one attached hydrogen (secondary N) is 2. The summed E-state index contributed by atoms with van der Waals surface area (Å²) in [6, 6.07) is 14.2. The molecule has 202 valence electrons. The Bertz CT molecular complexity index is 1170. The predicted octanol–water partition coefficient (Wildman–Crippen LogP) is 3.73. The molecule has 4 rings (SSSR count). The molecule has 2 aromatic rings. The smallest absolute Gasteiger partial charge is 0.327 e. The Balaban J connectivity index is 1.38. The van der Waals surface area contributed by atoms with Crippen molar-refractivity contribution in [1.82, 2.24) is 15.1 Å². The number of ether oxygens (including phenoxy) is 1. The van der Waals surface area contributed by atoms with Crippen LogP contribution in [0.2, 0.25) is 0 Å². The van der Waals surface area contributed by atoms with Crippen molar-refractivity contribution in [2.24, 2.45) is 5.92 Å². The summed E-state index contributed by atoms with van der Waals surface area (Å²) < 4.78 is 5.32. The van der Waals surface area contributed by atoms with Gasteiger partial charge in [0, 0.05) is 36.8 Å². The minimum Gasteiger partial charge on any atom is -0.496 e. The number of para-hydroxylation sites is 1. The van der Waals surface area contributed by atoms with Gasteiger partial charge in [-0.05, 0) is 43.0 Å². The number of benzene rings is 2. The second kappa shape index (κ2) is 12.6. The highest BCUT2D eigenvalue weighted by molar-refractivity contribution is 6.01.